The molecule has 0 saturated heterocycles. The van der Waals surface area contributed by atoms with Crippen LogP contribution in [0.3, 0.4) is 0 Å². The predicted molar refractivity (Wildman–Crippen MR) is 80.9 cm³/mol. The van der Waals surface area contributed by atoms with Crippen molar-refractivity contribution in [2.45, 2.75) is 38.8 Å². The molecule has 0 saturated carbocycles. The quantitative estimate of drug-likeness (QED) is 0.796. The molecule has 1 aromatic heterocycles. The lowest BCUT2D eigenvalue weighted by molar-refractivity contribution is 0.426. The second kappa shape index (κ2) is 7.71. The molecule has 114 valence electrons. The van der Waals surface area contributed by atoms with Crippen molar-refractivity contribution in [1.29, 1.82) is 0 Å². The van der Waals surface area contributed by atoms with Crippen LogP contribution in [0.25, 0.3) is 0 Å². The standard InChI is InChI=1S/C14H25N3O2S/c1-5-15-10-13-6-7-14(16-11-13)20(18,19)17(4)9-8-12(2)3/h6-7,11-12,15H,5,8-10H2,1-4H3. The first kappa shape index (κ1) is 17.1. The summed E-state index contributed by atoms with van der Waals surface area (Å²) in [5, 5.41) is 3.29. The van der Waals surface area contributed by atoms with Crippen molar-refractivity contribution in [1.82, 2.24) is 14.6 Å². The number of pyridine rings is 1. The molecule has 0 bridgehead atoms. The molecular formula is C14H25N3O2S. The highest BCUT2D eigenvalue weighted by Gasteiger charge is 2.21. The Hall–Kier alpha value is -0.980. The zero-order valence-corrected chi connectivity index (χ0v) is 13.6. The minimum Gasteiger partial charge on any atom is -0.313 e. The number of nitrogens with one attached hydrogen (secondary N) is 1. The topological polar surface area (TPSA) is 62.3 Å². The van der Waals surface area contributed by atoms with Crippen LogP contribution in [0.4, 0.5) is 0 Å². The average molecular weight is 299 g/mol. The van der Waals surface area contributed by atoms with Gasteiger partial charge in [0.05, 0.1) is 0 Å². The zero-order valence-electron chi connectivity index (χ0n) is 12.8. The van der Waals surface area contributed by atoms with Crippen LogP contribution in [-0.2, 0) is 16.6 Å². The van der Waals surface area contributed by atoms with E-state index < -0.39 is 10.0 Å². The lowest BCUT2D eigenvalue weighted by Crippen LogP contribution is -2.29. The Bertz CT molecular complexity index is 498. The molecule has 20 heavy (non-hydrogen) atoms. The molecular weight excluding hydrogens is 274 g/mol. The van der Waals surface area contributed by atoms with Gasteiger partial charge >= 0.3 is 0 Å². The van der Waals surface area contributed by atoms with Gasteiger partial charge in [-0.05, 0) is 30.5 Å². The number of hydrogen-bond donors (Lipinski definition) is 1. The first-order chi connectivity index (χ1) is 9.37. The molecule has 5 nitrogen and oxygen atoms in total. The number of aromatic nitrogens is 1. The van der Waals surface area contributed by atoms with Crippen LogP contribution in [0.5, 0.6) is 0 Å². The molecule has 6 heteroatoms. The third-order valence-corrected chi connectivity index (χ3v) is 4.85. The molecule has 0 radical (unpaired) electrons. The fourth-order valence-electron chi connectivity index (χ4n) is 1.66. The number of nitrogens with zero attached hydrogens (tertiary/aromatic N) is 2. The Labute approximate surface area is 122 Å². The maximum atomic E-state index is 12.3. The van der Waals surface area contributed by atoms with Gasteiger partial charge in [0.2, 0.25) is 0 Å². The molecule has 0 fully saturated rings. The molecule has 0 aliphatic heterocycles. The van der Waals surface area contributed by atoms with E-state index in [4.69, 9.17) is 0 Å². The Morgan fingerprint density at radius 2 is 2.05 bits per heavy atom. The molecule has 0 aliphatic carbocycles. The second-order valence-corrected chi connectivity index (χ2v) is 7.29. The molecule has 0 aliphatic rings. The van der Waals surface area contributed by atoms with Crippen molar-refractivity contribution < 1.29 is 8.42 Å². The van der Waals surface area contributed by atoms with E-state index in [1.165, 1.54) is 4.31 Å². The second-order valence-electron chi connectivity index (χ2n) is 5.29. The van der Waals surface area contributed by atoms with Gasteiger partial charge < -0.3 is 5.32 Å². The summed E-state index contributed by atoms with van der Waals surface area (Å²) in [6, 6.07) is 3.38. The maximum Gasteiger partial charge on any atom is 0.260 e. The number of hydrogen-bond acceptors (Lipinski definition) is 4. The van der Waals surface area contributed by atoms with Gasteiger partial charge in [0, 0.05) is 26.3 Å². The minimum absolute atomic E-state index is 0.115. The summed E-state index contributed by atoms with van der Waals surface area (Å²) >= 11 is 0. The summed E-state index contributed by atoms with van der Waals surface area (Å²) in [6.45, 7) is 8.27. The first-order valence-electron chi connectivity index (χ1n) is 7.00. The van der Waals surface area contributed by atoms with Gasteiger partial charge in [0.25, 0.3) is 10.0 Å². The Kier molecular flexibility index (Phi) is 6.58. The smallest absolute Gasteiger partial charge is 0.260 e. The van der Waals surface area contributed by atoms with Crippen LogP contribution in [0.15, 0.2) is 23.4 Å². The van der Waals surface area contributed by atoms with E-state index in [-0.39, 0.29) is 5.03 Å². The molecule has 0 aromatic carbocycles. The highest BCUT2D eigenvalue weighted by atomic mass is 32.2. The van der Waals surface area contributed by atoms with E-state index in [0.717, 1.165) is 18.5 Å². The lowest BCUT2D eigenvalue weighted by Gasteiger charge is -2.17. The van der Waals surface area contributed by atoms with Crippen LogP contribution in [0.2, 0.25) is 0 Å². The molecule has 0 spiro atoms. The largest absolute Gasteiger partial charge is 0.313 e. The molecule has 1 rings (SSSR count). The summed E-state index contributed by atoms with van der Waals surface area (Å²) in [5.41, 5.74) is 0.982. The van der Waals surface area contributed by atoms with Crippen molar-refractivity contribution >= 4 is 10.0 Å². The summed E-state index contributed by atoms with van der Waals surface area (Å²) in [4.78, 5) is 4.08. The van der Waals surface area contributed by atoms with E-state index in [9.17, 15) is 8.42 Å². The van der Waals surface area contributed by atoms with E-state index >= 15 is 0 Å². The van der Waals surface area contributed by atoms with Crippen LogP contribution < -0.4 is 5.32 Å². The van der Waals surface area contributed by atoms with E-state index in [1.807, 2.05) is 6.92 Å². The van der Waals surface area contributed by atoms with Crippen molar-refractivity contribution in [2.75, 3.05) is 20.1 Å². The fourth-order valence-corrected chi connectivity index (χ4v) is 2.75. The van der Waals surface area contributed by atoms with Gasteiger partial charge in [0.15, 0.2) is 5.03 Å². The van der Waals surface area contributed by atoms with Gasteiger partial charge in [0.1, 0.15) is 0 Å². The van der Waals surface area contributed by atoms with Gasteiger partial charge in [-0.1, -0.05) is 26.8 Å². The Balaban J connectivity index is 2.76. The molecule has 1 aromatic rings. The van der Waals surface area contributed by atoms with Crippen molar-refractivity contribution in [3.8, 4) is 0 Å². The van der Waals surface area contributed by atoms with Gasteiger partial charge in [-0.3, -0.25) is 0 Å². The van der Waals surface area contributed by atoms with E-state index in [0.29, 0.717) is 19.0 Å². The summed E-state index contributed by atoms with van der Waals surface area (Å²) in [6.07, 6.45) is 2.46. The lowest BCUT2D eigenvalue weighted by atomic mass is 10.1. The normalized spacial score (nSPS) is 12.3. The van der Waals surface area contributed by atoms with Crippen LogP contribution in [0, 0.1) is 5.92 Å². The minimum atomic E-state index is -3.47. The average Bonchev–Trinajstić information content (AvgIpc) is 2.42. The van der Waals surface area contributed by atoms with Crippen molar-refractivity contribution in [2.24, 2.45) is 5.92 Å². The first-order valence-corrected chi connectivity index (χ1v) is 8.44. The summed E-state index contributed by atoms with van der Waals surface area (Å²) in [5.74, 6) is 0.475. The monoisotopic (exact) mass is 299 g/mol. The summed E-state index contributed by atoms with van der Waals surface area (Å²) in [7, 11) is -1.87. The van der Waals surface area contributed by atoms with Gasteiger partial charge in [-0.25, -0.2) is 13.4 Å². The van der Waals surface area contributed by atoms with E-state index in [2.05, 4.69) is 24.1 Å². The van der Waals surface area contributed by atoms with Gasteiger partial charge in [-0.15, -0.1) is 0 Å². The van der Waals surface area contributed by atoms with Crippen molar-refractivity contribution in [3.63, 3.8) is 0 Å². The van der Waals surface area contributed by atoms with Gasteiger partial charge in [-0.2, -0.15) is 4.31 Å². The maximum absolute atomic E-state index is 12.3. The van der Waals surface area contributed by atoms with Crippen LogP contribution in [-0.4, -0.2) is 37.8 Å². The van der Waals surface area contributed by atoms with Crippen LogP contribution in [0.1, 0.15) is 32.8 Å². The molecule has 0 amide bonds. The van der Waals surface area contributed by atoms with Crippen LogP contribution >= 0.6 is 0 Å². The summed E-state index contributed by atoms with van der Waals surface area (Å²) < 4.78 is 26.0. The third-order valence-electron chi connectivity index (χ3n) is 3.07. The molecule has 1 heterocycles. The molecule has 0 unspecified atom stereocenters. The fraction of sp³-hybridized carbons (Fsp3) is 0.643. The molecule has 1 N–H and O–H groups in total. The van der Waals surface area contributed by atoms with Crippen molar-refractivity contribution in [3.05, 3.63) is 23.9 Å². The number of rotatable bonds is 8. The highest BCUT2D eigenvalue weighted by molar-refractivity contribution is 7.89. The van der Waals surface area contributed by atoms with E-state index in [1.54, 1.807) is 25.4 Å². The zero-order chi connectivity index (χ0) is 15.2. The third kappa shape index (κ3) is 4.85. The predicted octanol–water partition coefficient (Wildman–Crippen LogP) is 1.86. The Morgan fingerprint density at radius 1 is 1.35 bits per heavy atom. The number of sulfonamides is 1. The highest BCUT2D eigenvalue weighted by Crippen LogP contribution is 2.13. The Morgan fingerprint density at radius 3 is 2.55 bits per heavy atom. The SMILES string of the molecule is CCNCc1ccc(S(=O)(=O)N(C)CCC(C)C)nc1. The molecule has 0 atom stereocenters.